The van der Waals surface area contributed by atoms with Crippen LogP contribution in [0.1, 0.15) is 19.3 Å². The van der Waals surface area contributed by atoms with Gasteiger partial charge in [-0.1, -0.05) is 25.8 Å². The molecule has 0 saturated carbocycles. The molecule has 0 aromatic carbocycles. The van der Waals surface area contributed by atoms with Gasteiger partial charge < -0.3 is 0 Å². The predicted octanol–water partition coefficient (Wildman–Crippen LogP) is 2.91. The number of unbranched alkanes of at least 4 members (excludes halogenated alkanes) is 1. The summed E-state index contributed by atoms with van der Waals surface area (Å²) in [5.41, 5.74) is 0. The Morgan fingerprint density at radius 3 is 2.67 bits per heavy atom. The fraction of sp³-hybridized carbons (Fsp3) is 0.625. The van der Waals surface area contributed by atoms with Gasteiger partial charge in [-0.15, -0.1) is 6.58 Å². The SMILES string of the molecule is [CH2]CCCC(C=C)SC. The monoisotopic (exact) mass is 143 g/mol. The van der Waals surface area contributed by atoms with Gasteiger partial charge in [0.1, 0.15) is 0 Å². The van der Waals surface area contributed by atoms with E-state index in [4.69, 9.17) is 0 Å². The van der Waals surface area contributed by atoms with E-state index in [1.807, 2.05) is 17.8 Å². The molecule has 0 bridgehead atoms. The Labute approximate surface area is 62.7 Å². The highest BCUT2D eigenvalue weighted by molar-refractivity contribution is 7.99. The highest BCUT2D eigenvalue weighted by Gasteiger charge is 1.98. The number of hydrogen-bond donors (Lipinski definition) is 0. The zero-order chi connectivity index (χ0) is 7.11. The van der Waals surface area contributed by atoms with Crippen LogP contribution in [0.2, 0.25) is 0 Å². The van der Waals surface area contributed by atoms with E-state index >= 15 is 0 Å². The zero-order valence-electron chi connectivity index (χ0n) is 6.10. The van der Waals surface area contributed by atoms with Crippen LogP contribution >= 0.6 is 11.8 Å². The lowest BCUT2D eigenvalue weighted by molar-refractivity contribution is 0.772. The van der Waals surface area contributed by atoms with Gasteiger partial charge in [-0.3, -0.25) is 0 Å². The summed E-state index contributed by atoms with van der Waals surface area (Å²) >= 11 is 1.86. The fourth-order valence-corrected chi connectivity index (χ4v) is 1.27. The predicted molar refractivity (Wildman–Crippen MR) is 46.7 cm³/mol. The van der Waals surface area contributed by atoms with Crippen molar-refractivity contribution in [1.29, 1.82) is 0 Å². The average molecular weight is 143 g/mol. The van der Waals surface area contributed by atoms with E-state index in [2.05, 4.69) is 19.8 Å². The maximum absolute atomic E-state index is 3.78. The van der Waals surface area contributed by atoms with Gasteiger partial charge >= 0.3 is 0 Å². The Bertz CT molecular complexity index is 69.0. The summed E-state index contributed by atoms with van der Waals surface area (Å²) in [5.74, 6) is 0. The van der Waals surface area contributed by atoms with Crippen LogP contribution in [0.3, 0.4) is 0 Å². The summed E-state index contributed by atoms with van der Waals surface area (Å²) in [6.07, 6.45) is 7.63. The summed E-state index contributed by atoms with van der Waals surface area (Å²) < 4.78 is 0. The second-order valence-electron chi connectivity index (χ2n) is 2.01. The molecule has 53 valence electrons. The molecule has 0 aliphatic heterocycles. The van der Waals surface area contributed by atoms with Crippen LogP contribution in [0.5, 0.6) is 0 Å². The Morgan fingerprint density at radius 2 is 2.33 bits per heavy atom. The number of rotatable bonds is 5. The Hall–Kier alpha value is 0.0900. The van der Waals surface area contributed by atoms with Crippen LogP contribution in [0, 0.1) is 6.92 Å². The van der Waals surface area contributed by atoms with Gasteiger partial charge in [0.15, 0.2) is 0 Å². The van der Waals surface area contributed by atoms with Gasteiger partial charge in [-0.05, 0) is 12.7 Å². The first-order valence-corrected chi connectivity index (χ1v) is 4.58. The van der Waals surface area contributed by atoms with Crippen molar-refractivity contribution in [2.45, 2.75) is 24.5 Å². The highest BCUT2D eigenvalue weighted by atomic mass is 32.2. The highest BCUT2D eigenvalue weighted by Crippen LogP contribution is 2.14. The third-order valence-electron chi connectivity index (χ3n) is 1.30. The molecule has 1 heteroatoms. The van der Waals surface area contributed by atoms with Crippen molar-refractivity contribution >= 4 is 11.8 Å². The maximum atomic E-state index is 3.78. The first kappa shape index (κ1) is 9.09. The van der Waals surface area contributed by atoms with Crippen molar-refractivity contribution in [3.8, 4) is 0 Å². The standard InChI is InChI=1S/C8H15S/c1-4-6-7-8(5-2)9-3/h5,8H,1-2,4,6-7H2,3H3. The first-order chi connectivity index (χ1) is 4.35. The third-order valence-corrected chi connectivity index (χ3v) is 2.34. The van der Waals surface area contributed by atoms with E-state index in [1.54, 1.807) is 0 Å². The lowest BCUT2D eigenvalue weighted by Gasteiger charge is -2.05. The molecule has 0 aliphatic carbocycles. The Morgan fingerprint density at radius 1 is 1.67 bits per heavy atom. The Kier molecular flexibility index (Phi) is 6.28. The molecule has 0 aliphatic rings. The minimum atomic E-state index is 0.645. The average Bonchev–Trinajstić information content (AvgIpc) is 1.91. The van der Waals surface area contributed by atoms with Crippen molar-refractivity contribution in [1.82, 2.24) is 0 Å². The molecular formula is C8H15S. The van der Waals surface area contributed by atoms with Crippen molar-refractivity contribution < 1.29 is 0 Å². The molecule has 0 heterocycles. The number of thioether (sulfide) groups is 1. The normalized spacial score (nSPS) is 13.1. The van der Waals surface area contributed by atoms with Gasteiger partial charge in [-0.25, -0.2) is 0 Å². The maximum Gasteiger partial charge on any atom is 0.0221 e. The molecule has 0 amide bonds. The molecule has 1 atom stereocenters. The molecule has 0 nitrogen and oxygen atoms in total. The number of hydrogen-bond acceptors (Lipinski definition) is 1. The minimum Gasteiger partial charge on any atom is -0.158 e. The van der Waals surface area contributed by atoms with Crippen molar-refractivity contribution in [2.75, 3.05) is 6.26 Å². The van der Waals surface area contributed by atoms with Gasteiger partial charge in [0.05, 0.1) is 0 Å². The third kappa shape index (κ3) is 4.58. The molecule has 0 aromatic heterocycles. The summed E-state index contributed by atoms with van der Waals surface area (Å²) in [6.45, 7) is 7.53. The lowest BCUT2D eigenvalue weighted by atomic mass is 10.2. The van der Waals surface area contributed by atoms with Crippen LogP contribution < -0.4 is 0 Å². The van der Waals surface area contributed by atoms with Gasteiger partial charge in [-0.2, -0.15) is 11.8 Å². The second kappa shape index (κ2) is 6.21. The molecule has 0 saturated heterocycles. The zero-order valence-corrected chi connectivity index (χ0v) is 6.91. The Balaban J connectivity index is 3.20. The van der Waals surface area contributed by atoms with Crippen LogP contribution in [-0.2, 0) is 0 Å². The van der Waals surface area contributed by atoms with Crippen LogP contribution in [-0.4, -0.2) is 11.5 Å². The van der Waals surface area contributed by atoms with Crippen LogP contribution in [0.25, 0.3) is 0 Å². The summed E-state index contributed by atoms with van der Waals surface area (Å²) in [5, 5.41) is 0.645. The molecular weight excluding hydrogens is 128 g/mol. The van der Waals surface area contributed by atoms with Crippen molar-refractivity contribution in [2.24, 2.45) is 0 Å². The lowest BCUT2D eigenvalue weighted by Crippen LogP contribution is -1.95. The topological polar surface area (TPSA) is 0 Å². The van der Waals surface area contributed by atoms with Gasteiger partial charge in [0, 0.05) is 5.25 Å². The minimum absolute atomic E-state index is 0.645. The quantitative estimate of drug-likeness (QED) is 0.533. The summed E-state index contributed by atoms with van der Waals surface area (Å²) in [4.78, 5) is 0. The van der Waals surface area contributed by atoms with Crippen molar-refractivity contribution in [3.63, 3.8) is 0 Å². The molecule has 0 spiro atoms. The van der Waals surface area contributed by atoms with E-state index < -0.39 is 0 Å². The van der Waals surface area contributed by atoms with Gasteiger partial charge in [0.25, 0.3) is 0 Å². The molecule has 9 heavy (non-hydrogen) atoms. The van der Waals surface area contributed by atoms with E-state index in [1.165, 1.54) is 12.8 Å². The molecule has 0 fully saturated rings. The fourth-order valence-electron chi connectivity index (χ4n) is 0.677. The van der Waals surface area contributed by atoms with E-state index in [-0.39, 0.29) is 0 Å². The summed E-state index contributed by atoms with van der Waals surface area (Å²) in [6, 6.07) is 0. The molecule has 0 rings (SSSR count). The first-order valence-electron chi connectivity index (χ1n) is 3.29. The van der Waals surface area contributed by atoms with E-state index in [0.29, 0.717) is 5.25 Å². The molecule has 1 radical (unpaired) electrons. The molecule has 0 N–H and O–H groups in total. The van der Waals surface area contributed by atoms with Crippen molar-refractivity contribution in [3.05, 3.63) is 19.6 Å². The van der Waals surface area contributed by atoms with Crippen LogP contribution in [0.15, 0.2) is 12.7 Å². The largest absolute Gasteiger partial charge is 0.158 e. The van der Waals surface area contributed by atoms with Gasteiger partial charge in [0.2, 0.25) is 0 Å². The smallest absolute Gasteiger partial charge is 0.0221 e. The molecule has 1 unspecified atom stereocenters. The van der Waals surface area contributed by atoms with E-state index in [0.717, 1.165) is 6.42 Å². The molecule has 0 aromatic rings. The van der Waals surface area contributed by atoms with Crippen LogP contribution in [0.4, 0.5) is 0 Å². The summed E-state index contributed by atoms with van der Waals surface area (Å²) in [7, 11) is 0. The second-order valence-corrected chi connectivity index (χ2v) is 3.08. The van der Waals surface area contributed by atoms with E-state index in [9.17, 15) is 0 Å².